The Bertz CT molecular complexity index is 756. The molecule has 7 nitrogen and oxygen atoms in total. The second-order valence-corrected chi connectivity index (χ2v) is 5.98. The van der Waals surface area contributed by atoms with Gasteiger partial charge in [0, 0.05) is 37.2 Å². The zero-order valence-corrected chi connectivity index (χ0v) is 13.8. The van der Waals surface area contributed by atoms with Crippen LogP contribution in [0.3, 0.4) is 0 Å². The molecule has 3 N–H and O–H groups in total. The number of nitro benzene ring substituents is 1. The molecule has 2 aromatic carbocycles. The number of aromatic hydroxyl groups is 1. The van der Waals surface area contributed by atoms with Gasteiger partial charge in [-0.25, -0.2) is 0 Å². The van der Waals surface area contributed by atoms with Crippen LogP contribution in [-0.2, 0) is 5.60 Å². The summed E-state index contributed by atoms with van der Waals surface area (Å²) in [5.41, 5.74) is -0.333. The minimum absolute atomic E-state index is 0.117. The highest BCUT2D eigenvalue weighted by molar-refractivity contribution is 5.96. The normalized spacial score (nSPS) is 13.2. The van der Waals surface area contributed by atoms with Crippen LogP contribution < -0.4 is 5.32 Å². The summed E-state index contributed by atoms with van der Waals surface area (Å²) >= 11 is 0. The van der Waals surface area contributed by atoms with Crippen LogP contribution in [0.5, 0.6) is 5.75 Å². The fraction of sp³-hybridized carbons (Fsp3) is 0.278. The summed E-state index contributed by atoms with van der Waals surface area (Å²) in [4.78, 5) is 22.3. The number of nitrogens with zero attached hydrogens (tertiary/aromatic N) is 1. The third-order valence-corrected chi connectivity index (χ3v) is 3.87. The van der Waals surface area contributed by atoms with Crippen LogP contribution in [0.25, 0.3) is 0 Å². The van der Waals surface area contributed by atoms with E-state index in [0.29, 0.717) is 17.7 Å². The van der Waals surface area contributed by atoms with Crippen LogP contribution in [0.4, 0.5) is 5.69 Å². The smallest absolute Gasteiger partial charge is 0.270 e. The van der Waals surface area contributed by atoms with Crippen molar-refractivity contribution in [2.75, 3.05) is 13.1 Å². The number of carbonyl (C=O) groups is 1. The molecule has 1 atom stereocenters. The molecule has 0 aliphatic heterocycles. The van der Waals surface area contributed by atoms with Crippen molar-refractivity contribution < 1.29 is 19.9 Å². The molecule has 0 spiro atoms. The van der Waals surface area contributed by atoms with Crippen LogP contribution in [0.1, 0.15) is 29.3 Å². The first kappa shape index (κ1) is 18.6. The number of carbonyl (C=O) groups excluding carboxylic acids is 1. The standard InChI is InChI=1S/C18H20N2O5/c1-18(23,14-5-7-16(21)8-6-14)12-19-10-9-17(22)13-3-2-4-15(11-13)20(24)25/h2-8,11,19,21,23H,9-10,12H2,1H3. The Morgan fingerprint density at radius 1 is 1.24 bits per heavy atom. The topological polar surface area (TPSA) is 113 Å². The average Bonchev–Trinajstić information content (AvgIpc) is 2.59. The van der Waals surface area contributed by atoms with Crippen molar-refractivity contribution in [3.8, 4) is 5.75 Å². The number of ketones is 1. The molecule has 1 unspecified atom stereocenters. The first-order valence-electron chi connectivity index (χ1n) is 7.80. The minimum atomic E-state index is -1.15. The van der Waals surface area contributed by atoms with Gasteiger partial charge in [0.15, 0.2) is 5.78 Å². The molecule has 0 aromatic heterocycles. The Kier molecular flexibility index (Phi) is 5.84. The second kappa shape index (κ2) is 7.87. The van der Waals surface area contributed by atoms with Crippen LogP contribution >= 0.6 is 0 Å². The Hall–Kier alpha value is -2.77. The summed E-state index contributed by atoms with van der Waals surface area (Å²) in [6.07, 6.45) is 0.160. The molecule has 0 saturated carbocycles. The third-order valence-electron chi connectivity index (χ3n) is 3.87. The first-order valence-corrected chi connectivity index (χ1v) is 7.80. The molecule has 0 radical (unpaired) electrons. The molecule has 0 fully saturated rings. The quantitative estimate of drug-likeness (QED) is 0.293. The van der Waals surface area contributed by atoms with Crippen molar-refractivity contribution in [1.82, 2.24) is 5.32 Å². The minimum Gasteiger partial charge on any atom is -0.508 e. The van der Waals surface area contributed by atoms with Gasteiger partial charge < -0.3 is 15.5 Å². The highest BCUT2D eigenvalue weighted by Gasteiger charge is 2.22. The van der Waals surface area contributed by atoms with Crippen molar-refractivity contribution >= 4 is 11.5 Å². The van der Waals surface area contributed by atoms with Gasteiger partial charge in [0.2, 0.25) is 0 Å². The molecule has 2 aromatic rings. The number of benzene rings is 2. The van der Waals surface area contributed by atoms with E-state index in [-0.39, 0.29) is 30.2 Å². The molecule has 7 heteroatoms. The Balaban J connectivity index is 1.86. The third kappa shape index (κ3) is 5.10. The van der Waals surface area contributed by atoms with Gasteiger partial charge in [0.1, 0.15) is 5.75 Å². The first-order chi connectivity index (χ1) is 11.8. The van der Waals surface area contributed by atoms with E-state index in [9.17, 15) is 25.1 Å². The van der Waals surface area contributed by atoms with Crippen LogP contribution in [0.2, 0.25) is 0 Å². The summed E-state index contributed by atoms with van der Waals surface area (Å²) in [5.74, 6) is -0.0875. The number of nitrogens with one attached hydrogen (secondary N) is 1. The SMILES string of the molecule is CC(O)(CNCCC(=O)c1cccc([N+](=O)[O-])c1)c1ccc(O)cc1. The number of phenolic OH excluding ortho intramolecular Hbond substituents is 1. The van der Waals surface area contributed by atoms with E-state index in [4.69, 9.17) is 0 Å². The van der Waals surface area contributed by atoms with E-state index in [1.165, 1.54) is 30.3 Å². The van der Waals surface area contributed by atoms with Gasteiger partial charge in [0.25, 0.3) is 5.69 Å². The molecule has 0 heterocycles. The summed E-state index contributed by atoms with van der Waals surface area (Å²) < 4.78 is 0. The molecular formula is C18H20N2O5. The zero-order chi connectivity index (χ0) is 18.4. The van der Waals surface area contributed by atoms with Gasteiger partial charge in [-0.05, 0) is 24.6 Å². The molecule has 0 aliphatic rings. The van der Waals surface area contributed by atoms with Gasteiger partial charge in [-0.2, -0.15) is 0 Å². The maximum absolute atomic E-state index is 12.1. The van der Waals surface area contributed by atoms with Gasteiger partial charge in [-0.15, -0.1) is 0 Å². The molecule has 0 bridgehead atoms. The van der Waals surface area contributed by atoms with E-state index in [1.807, 2.05) is 0 Å². The number of hydrogen-bond donors (Lipinski definition) is 3. The average molecular weight is 344 g/mol. The lowest BCUT2D eigenvalue weighted by Gasteiger charge is -2.24. The Morgan fingerprint density at radius 3 is 2.56 bits per heavy atom. The number of rotatable bonds is 8. The van der Waals surface area contributed by atoms with Crippen molar-refractivity contribution in [2.45, 2.75) is 18.9 Å². The highest BCUT2D eigenvalue weighted by Crippen LogP contribution is 2.22. The lowest BCUT2D eigenvalue weighted by molar-refractivity contribution is -0.384. The van der Waals surface area contributed by atoms with Crippen molar-refractivity contribution in [3.63, 3.8) is 0 Å². The van der Waals surface area contributed by atoms with E-state index in [0.717, 1.165) is 0 Å². The lowest BCUT2D eigenvalue weighted by Crippen LogP contribution is -2.36. The predicted octanol–water partition coefficient (Wildman–Crippen LogP) is 2.37. The van der Waals surface area contributed by atoms with Gasteiger partial charge in [0.05, 0.1) is 10.5 Å². The van der Waals surface area contributed by atoms with Crippen molar-refractivity contribution in [1.29, 1.82) is 0 Å². The van der Waals surface area contributed by atoms with Crippen LogP contribution in [0, 0.1) is 10.1 Å². The number of Topliss-reactive ketones (excluding diaryl/α,β-unsaturated/α-hetero) is 1. The molecular weight excluding hydrogens is 324 g/mol. The molecule has 0 saturated heterocycles. The number of hydrogen-bond acceptors (Lipinski definition) is 6. The summed E-state index contributed by atoms with van der Waals surface area (Å²) in [5, 5.41) is 33.5. The monoisotopic (exact) mass is 344 g/mol. The lowest BCUT2D eigenvalue weighted by atomic mass is 9.96. The summed E-state index contributed by atoms with van der Waals surface area (Å²) in [6.45, 7) is 2.19. The van der Waals surface area contributed by atoms with Crippen LogP contribution in [0.15, 0.2) is 48.5 Å². The van der Waals surface area contributed by atoms with E-state index in [1.54, 1.807) is 25.1 Å². The molecule has 0 amide bonds. The summed E-state index contributed by atoms with van der Waals surface area (Å²) in [7, 11) is 0. The fourth-order valence-electron chi connectivity index (χ4n) is 2.39. The van der Waals surface area contributed by atoms with E-state index < -0.39 is 10.5 Å². The molecule has 2 rings (SSSR count). The van der Waals surface area contributed by atoms with E-state index in [2.05, 4.69) is 5.32 Å². The number of nitro groups is 1. The summed E-state index contributed by atoms with van der Waals surface area (Å²) in [6, 6.07) is 11.9. The zero-order valence-electron chi connectivity index (χ0n) is 13.8. The maximum Gasteiger partial charge on any atom is 0.270 e. The Morgan fingerprint density at radius 2 is 1.92 bits per heavy atom. The van der Waals surface area contributed by atoms with Gasteiger partial charge in [-0.3, -0.25) is 14.9 Å². The predicted molar refractivity (Wildman–Crippen MR) is 92.6 cm³/mol. The fourth-order valence-corrected chi connectivity index (χ4v) is 2.39. The second-order valence-electron chi connectivity index (χ2n) is 5.98. The van der Waals surface area contributed by atoms with Crippen LogP contribution in [-0.4, -0.2) is 34.0 Å². The van der Waals surface area contributed by atoms with Crippen molar-refractivity contribution in [3.05, 3.63) is 69.8 Å². The molecule has 132 valence electrons. The molecule has 0 aliphatic carbocycles. The number of phenols is 1. The molecule has 25 heavy (non-hydrogen) atoms. The van der Waals surface area contributed by atoms with E-state index >= 15 is 0 Å². The van der Waals surface area contributed by atoms with Crippen molar-refractivity contribution in [2.24, 2.45) is 0 Å². The van der Waals surface area contributed by atoms with Gasteiger partial charge in [-0.1, -0.05) is 24.3 Å². The largest absolute Gasteiger partial charge is 0.508 e. The number of aliphatic hydroxyl groups is 1. The Labute approximate surface area is 145 Å². The number of non-ortho nitro benzene ring substituents is 1. The maximum atomic E-state index is 12.1. The highest BCUT2D eigenvalue weighted by atomic mass is 16.6. The van der Waals surface area contributed by atoms with Gasteiger partial charge >= 0.3 is 0 Å².